The Bertz CT molecular complexity index is 1030. The summed E-state index contributed by atoms with van der Waals surface area (Å²) in [5, 5.41) is 18.7. The molecule has 0 spiro atoms. The van der Waals surface area contributed by atoms with E-state index in [4.69, 9.17) is 4.74 Å². The van der Waals surface area contributed by atoms with E-state index in [0.717, 1.165) is 56.9 Å². The van der Waals surface area contributed by atoms with Gasteiger partial charge in [-0.3, -0.25) is 14.4 Å². The number of alkyl carbamates (subject to hydrolysis) is 1. The number of carbonyl (C=O) groups excluding carboxylic acids is 4. The molecule has 38 heavy (non-hydrogen) atoms. The lowest BCUT2D eigenvalue weighted by Crippen LogP contribution is -2.57. The van der Waals surface area contributed by atoms with Crippen LogP contribution >= 0.6 is 0 Å². The van der Waals surface area contributed by atoms with E-state index < -0.39 is 36.3 Å². The maximum atomic E-state index is 13.9. The van der Waals surface area contributed by atoms with Gasteiger partial charge in [0.1, 0.15) is 12.1 Å². The average molecular weight is 529 g/mol. The molecular formula is C28H40N4O6. The molecule has 0 bridgehead atoms. The van der Waals surface area contributed by atoms with Crippen molar-refractivity contribution in [2.75, 3.05) is 13.6 Å². The summed E-state index contributed by atoms with van der Waals surface area (Å²) in [4.78, 5) is 53.4. The maximum Gasteiger partial charge on any atom is 0.407 e. The zero-order valence-electron chi connectivity index (χ0n) is 22.3. The maximum absolute atomic E-state index is 13.9. The molecule has 4 rings (SSSR count). The van der Waals surface area contributed by atoms with Crippen LogP contribution in [0.25, 0.3) is 0 Å². The van der Waals surface area contributed by atoms with Crippen LogP contribution in [0.15, 0.2) is 24.3 Å². The minimum Gasteiger partial charge on any atom is -0.436 e. The van der Waals surface area contributed by atoms with Gasteiger partial charge in [-0.25, -0.2) is 4.79 Å². The van der Waals surface area contributed by atoms with Gasteiger partial charge in [-0.15, -0.1) is 0 Å². The number of aliphatic hydroxyl groups excluding tert-OH is 1. The summed E-state index contributed by atoms with van der Waals surface area (Å²) in [5.41, 5.74) is 2.32. The number of likely N-dealkylation sites (tertiary alicyclic amines) is 1. The number of benzene rings is 1. The minimum atomic E-state index is -1.09. The number of fused-ring (bicyclic) bond motifs is 1. The summed E-state index contributed by atoms with van der Waals surface area (Å²) in [7, 11) is 1.40. The van der Waals surface area contributed by atoms with Crippen LogP contribution in [-0.4, -0.2) is 71.7 Å². The summed E-state index contributed by atoms with van der Waals surface area (Å²) in [6.45, 7) is 1.48. The molecule has 0 aromatic heterocycles. The zero-order chi connectivity index (χ0) is 27.2. The Kier molecular flexibility index (Phi) is 9.25. The van der Waals surface area contributed by atoms with Gasteiger partial charge in [0.05, 0.1) is 12.1 Å². The van der Waals surface area contributed by atoms with Gasteiger partial charge < -0.3 is 30.7 Å². The highest BCUT2D eigenvalue weighted by molar-refractivity contribution is 5.94. The molecule has 1 aliphatic heterocycles. The number of nitrogens with one attached hydrogen (secondary N) is 3. The second-order valence-electron chi connectivity index (χ2n) is 10.7. The van der Waals surface area contributed by atoms with Crippen molar-refractivity contribution in [3.05, 3.63) is 35.4 Å². The first-order chi connectivity index (χ1) is 18.3. The van der Waals surface area contributed by atoms with Crippen molar-refractivity contribution in [2.24, 2.45) is 5.92 Å². The standard InChI is InChI=1S/C28H40N4O6/c1-17(38-28(37)29-2)25(34)31-24(19-10-4-3-5-11-19)27(36)32-16-20(33)15-23(32)26(35)30-22-14-8-12-18-9-6-7-13-21(18)22/h6-7,9,13,17,19-20,22-24,33H,3-5,8,10-12,14-16H2,1-2H3,(H,29,37)(H,30,35)(H,31,34)/t17?,20-,22-,23+,24?/m1/s1. The number of rotatable bonds is 7. The number of aliphatic hydroxyl groups is 1. The first-order valence-electron chi connectivity index (χ1n) is 13.8. The van der Waals surface area contributed by atoms with Crippen LogP contribution < -0.4 is 16.0 Å². The van der Waals surface area contributed by atoms with E-state index in [-0.39, 0.29) is 36.7 Å². The molecule has 3 aliphatic rings. The van der Waals surface area contributed by atoms with Gasteiger partial charge in [-0.2, -0.15) is 0 Å². The second-order valence-corrected chi connectivity index (χ2v) is 10.7. The van der Waals surface area contributed by atoms with E-state index >= 15 is 0 Å². The smallest absolute Gasteiger partial charge is 0.407 e. The van der Waals surface area contributed by atoms with Crippen LogP contribution in [0, 0.1) is 5.92 Å². The third kappa shape index (κ3) is 6.46. The molecular weight excluding hydrogens is 488 g/mol. The molecule has 2 fully saturated rings. The van der Waals surface area contributed by atoms with Gasteiger partial charge in [-0.1, -0.05) is 43.5 Å². The number of aryl methyl sites for hydroxylation is 1. The Morgan fingerprint density at radius 3 is 2.53 bits per heavy atom. The third-order valence-corrected chi connectivity index (χ3v) is 8.09. The normalized spacial score (nSPS) is 25.0. The Labute approximate surface area is 223 Å². The molecule has 2 aliphatic carbocycles. The second kappa shape index (κ2) is 12.6. The average Bonchev–Trinajstić information content (AvgIpc) is 3.33. The summed E-state index contributed by atoms with van der Waals surface area (Å²) in [6.07, 6.45) is 4.74. The number of hydrogen-bond donors (Lipinski definition) is 4. The largest absolute Gasteiger partial charge is 0.436 e. The lowest BCUT2D eigenvalue weighted by atomic mass is 9.83. The van der Waals surface area contributed by atoms with Gasteiger partial charge in [0, 0.05) is 20.0 Å². The minimum absolute atomic E-state index is 0.0293. The van der Waals surface area contributed by atoms with E-state index in [1.165, 1.54) is 24.4 Å². The van der Waals surface area contributed by atoms with Crippen molar-refractivity contribution in [2.45, 2.75) is 95.0 Å². The van der Waals surface area contributed by atoms with Crippen molar-refractivity contribution in [1.29, 1.82) is 0 Å². The summed E-state index contributed by atoms with van der Waals surface area (Å²) in [5.74, 6) is -1.34. The number of hydrogen-bond acceptors (Lipinski definition) is 6. The SMILES string of the molecule is CNC(=O)OC(C)C(=O)NC(C(=O)N1C[C@H](O)C[C@H]1C(=O)N[C@@H]1CCCc2ccccc21)C1CCCCC1. The highest BCUT2D eigenvalue weighted by Crippen LogP contribution is 2.32. The molecule has 10 nitrogen and oxygen atoms in total. The predicted octanol–water partition coefficient (Wildman–Crippen LogP) is 1.95. The van der Waals surface area contributed by atoms with E-state index in [9.17, 15) is 24.3 Å². The summed E-state index contributed by atoms with van der Waals surface area (Å²) in [6, 6.07) is 6.24. The molecule has 10 heteroatoms. The summed E-state index contributed by atoms with van der Waals surface area (Å²) < 4.78 is 5.05. The Morgan fingerprint density at radius 1 is 1.05 bits per heavy atom. The van der Waals surface area contributed by atoms with Crippen LogP contribution in [0.4, 0.5) is 4.79 Å². The Hall–Kier alpha value is -3.14. The van der Waals surface area contributed by atoms with E-state index in [1.807, 2.05) is 18.2 Å². The van der Waals surface area contributed by atoms with Crippen molar-refractivity contribution >= 4 is 23.8 Å². The first kappa shape index (κ1) is 27.9. The number of amides is 4. The lowest BCUT2D eigenvalue weighted by molar-refractivity contribution is -0.144. The quantitative estimate of drug-likeness (QED) is 0.427. The molecule has 4 amide bonds. The number of nitrogens with zero attached hydrogens (tertiary/aromatic N) is 1. The number of ether oxygens (including phenoxy) is 1. The molecule has 208 valence electrons. The molecule has 1 aromatic rings. The Balaban J connectivity index is 1.50. The van der Waals surface area contributed by atoms with Gasteiger partial charge in [0.2, 0.25) is 11.8 Å². The van der Waals surface area contributed by atoms with Crippen LogP contribution in [0.3, 0.4) is 0 Å². The zero-order valence-corrected chi connectivity index (χ0v) is 22.3. The van der Waals surface area contributed by atoms with E-state index in [0.29, 0.717) is 0 Å². The van der Waals surface area contributed by atoms with Crippen LogP contribution in [-0.2, 0) is 25.5 Å². The van der Waals surface area contributed by atoms with E-state index in [2.05, 4.69) is 22.0 Å². The number of β-amino-alcohol motifs (C(OH)–C–C–N with tert-alkyl or cyclic N) is 1. The fourth-order valence-corrected chi connectivity index (χ4v) is 6.05. The molecule has 0 radical (unpaired) electrons. The van der Waals surface area contributed by atoms with Gasteiger partial charge >= 0.3 is 6.09 Å². The predicted molar refractivity (Wildman–Crippen MR) is 140 cm³/mol. The van der Waals surface area contributed by atoms with E-state index in [1.54, 1.807) is 0 Å². The van der Waals surface area contributed by atoms with Crippen molar-refractivity contribution in [1.82, 2.24) is 20.9 Å². The molecule has 1 saturated carbocycles. The molecule has 1 heterocycles. The summed E-state index contributed by atoms with van der Waals surface area (Å²) >= 11 is 0. The highest BCUT2D eigenvalue weighted by atomic mass is 16.6. The van der Waals surface area contributed by atoms with Crippen molar-refractivity contribution in [3.8, 4) is 0 Å². The molecule has 2 unspecified atom stereocenters. The fourth-order valence-electron chi connectivity index (χ4n) is 6.05. The van der Waals surface area contributed by atoms with Crippen LogP contribution in [0.5, 0.6) is 0 Å². The Morgan fingerprint density at radius 2 is 1.79 bits per heavy atom. The molecule has 5 atom stereocenters. The topological polar surface area (TPSA) is 137 Å². The lowest BCUT2D eigenvalue weighted by Gasteiger charge is -2.35. The third-order valence-electron chi connectivity index (χ3n) is 8.09. The van der Waals surface area contributed by atoms with Crippen molar-refractivity contribution < 1.29 is 29.0 Å². The van der Waals surface area contributed by atoms with Gasteiger partial charge in [0.25, 0.3) is 5.91 Å². The monoisotopic (exact) mass is 528 g/mol. The molecule has 1 saturated heterocycles. The highest BCUT2D eigenvalue weighted by Gasteiger charge is 2.44. The number of carbonyl (C=O) groups is 4. The molecule has 1 aromatic carbocycles. The first-order valence-corrected chi connectivity index (χ1v) is 13.8. The van der Waals surface area contributed by atoms with Crippen molar-refractivity contribution in [3.63, 3.8) is 0 Å². The van der Waals surface area contributed by atoms with Crippen LogP contribution in [0.2, 0.25) is 0 Å². The molecule has 4 N–H and O–H groups in total. The van der Waals surface area contributed by atoms with Gasteiger partial charge in [-0.05, 0) is 56.1 Å². The van der Waals surface area contributed by atoms with Gasteiger partial charge in [0.15, 0.2) is 6.10 Å². The fraction of sp³-hybridized carbons (Fsp3) is 0.643. The van der Waals surface area contributed by atoms with Crippen LogP contribution in [0.1, 0.15) is 75.5 Å².